The number of carbonyl (C=O) groups is 2. The Kier molecular flexibility index (Phi) is 5.29. The number of rotatable bonds is 3. The molecule has 1 N–H and O–H groups in total. The summed E-state index contributed by atoms with van der Waals surface area (Å²) >= 11 is 0.921. The van der Waals surface area contributed by atoms with Crippen LogP contribution in [0.5, 0.6) is 5.75 Å². The molecular formula is C26H29NO3S. The Morgan fingerprint density at radius 1 is 0.968 bits per heavy atom. The molecule has 0 spiro atoms. The molecule has 0 bridgehead atoms. The summed E-state index contributed by atoms with van der Waals surface area (Å²) in [4.78, 5) is 23.7. The summed E-state index contributed by atoms with van der Waals surface area (Å²) in [6, 6.07) is 10.6. The van der Waals surface area contributed by atoms with E-state index in [1.165, 1.54) is 28.7 Å². The fourth-order valence-electron chi connectivity index (χ4n) is 4.60. The highest BCUT2D eigenvalue weighted by atomic mass is 32.2. The Labute approximate surface area is 188 Å². The zero-order valence-corrected chi connectivity index (χ0v) is 19.8. The van der Waals surface area contributed by atoms with Gasteiger partial charge < -0.3 is 4.74 Å². The first-order chi connectivity index (χ1) is 14.5. The lowest BCUT2D eigenvalue weighted by molar-refractivity contribution is -0.115. The van der Waals surface area contributed by atoms with Crippen LogP contribution in [0.2, 0.25) is 0 Å². The van der Waals surface area contributed by atoms with Crippen LogP contribution in [0.1, 0.15) is 62.8 Å². The van der Waals surface area contributed by atoms with Crippen molar-refractivity contribution in [3.05, 3.63) is 57.5 Å². The van der Waals surface area contributed by atoms with Gasteiger partial charge in [-0.3, -0.25) is 14.9 Å². The van der Waals surface area contributed by atoms with E-state index in [2.05, 4.69) is 52.1 Å². The summed E-state index contributed by atoms with van der Waals surface area (Å²) in [5, 5.41) is 1.95. The number of hydrogen-bond donors (Lipinski definition) is 1. The predicted octanol–water partition coefficient (Wildman–Crippen LogP) is 6.34. The number of benzene rings is 2. The molecule has 1 aliphatic heterocycles. The van der Waals surface area contributed by atoms with E-state index in [0.29, 0.717) is 4.91 Å². The number of fused-ring (bicyclic) bond motifs is 1. The van der Waals surface area contributed by atoms with Crippen molar-refractivity contribution >= 4 is 29.0 Å². The van der Waals surface area contributed by atoms with Crippen LogP contribution in [-0.2, 0) is 15.6 Å². The second kappa shape index (κ2) is 7.56. The number of methoxy groups -OCH3 is 1. The summed E-state index contributed by atoms with van der Waals surface area (Å²) in [7, 11) is 1.66. The minimum atomic E-state index is -0.353. The van der Waals surface area contributed by atoms with E-state index in [-0.39, 0.29) is 22.0 Å². The average Bonchev–Trinajstić information content (AvgIpc) is 3.02. The molecule has 0 aromatic heterocycles. The molecule has 2 amide bonds. The first-order valence-electron chi connectivity index (χ1n) is 10.6. The van der Waals surface area contributed by atoms with Crippen molar-refractivity contribution in [2.75, 3.05) is 7.11 Å². The van der Waals surface area contributed by atoms with Crippen molar-refractivity contribution < 1.29 is 14.3 Å². The predicted molar refractivity (Wildman–Crippen MR) is 128 cm³/mol. The van der Waals surface area contributed by atoms with Gasteiger partial charge in [-0.1, -0.05) is 45.9 Å². The van der Waals surface area contributed by atoms with Gasteiger partial charge in [-0.05, 0) is 88.4 Å². The molecule has 0 atom stereocenters. The van der Waals surface area contributed by atoms with Crippen LogP contribution in [0.4, 0.5) is 4.79 Å². The second-order valence-electron chi connectivity index (χ2n) is 9.79. The van der Waals surface area contributed by atoms with Crippen LogP contribution in [0, 0.1) is 6.92 Å². The summed E-state index contributed by atoms with van der Waals surface area (Å²) in [5.74, 6) is 0.397. The number of amides is 2. The number of nitrogens with one attached hydrogen (secondary N) is 1. The molecular weight excluding hydrogens is 406 g/mol. The third kappa shape index (κ3) is 3.91. The van der Waals surface area contributed by atoms with Gasteiger partial charge in [-0.25, -0.2) is 0 Å². The molecule has 1 fully saturated rings. The maximum Gasteiger partial charge on any atom is 0.290 e. The van der Waals surface area contributed by atoms with Crippen molar-refractivity contribution in [3.63, 3.8) is 0 Å². The lowest BCUT2D eigenvalue weighted by atomic mass is 9.62. The molecule has 2 aromatic rings. The van der Waals surface area contributed by atoms with E-state index in [0.717, 1.165) is 35.1 Å². The largest absolute Gasteiger partial charge is 0.496 e. The monoisotopic (exact) mass is 435 g/mol. The van der Waals surface area contributed by atoms with E-state index in [1.54, 1.807) is 13.2 Å². The molecule has 0 saturated carbocycles. The summed E-state index contributed by atoms with van der Waals surface area (Å²) < 4.78 is 5.74. The van der Waals surface area contributed by atoms with E-state index in [1.807, 2.05) is 18.2 Å². The van der Waals surface area contributed by atoms with Crippen LogP contribution in [0.15, 0.2) is 35.2 Å². The van der Waals surface area contributed by atoms with E-state index in [9.17, 15) is 9.59 Å². The van der Waals surface area contributed by atoms with Gasteiger partial charge in [0.05, 0.1) is 12.0 Å². The van der Waals surface area contributed by atoms with Crippen molar-refractivity contribution in [1.29, 1.82) is 0 Å². The third-order valence-electron chi connectivity index (χ3n) is 6.65. The van der Waals surface area contributed by atoms with Crippen LogP contribution in [-0.4, -0.2) is 18.3 Å². The first-order valence-corrected chi connectivity index (χ1v) is 11.4. The van der Waals surface area contributed by atoms with Gasteiger partial charge in [0.2, 0.25) is 0 Å². The molecule has 1 heterocycles. The standard InChI is InChI=1S/C26H29NO3S/c1-15-11-19-20(26(4,5)10-9-25(19,2)3)14-18(15)17-8-7-16(12-21(17)30-6)13-22-23(28)27-24(29)31-22/h7-8,11-14H,9-10H2,1-6H3,(H,27,28,29). The van der Waals surface area contributed by atoms with Gasteiger partial charge >= 0.3 is 0 Å². The summed E-state index contributed by atoms with van der Waals surface area (Å²) in [5.41, 5.74) is 7.41. The van der Waals surface area contributed by atoms with E-state index in [4.69, 9.17) is 4.74 Å². The van der Waals surface area contributed by atoms with Crippen molar-refractivity contribution in [2.45, 2.75) is 58.3 Å². The summed E-state index contributed by atoms with van der Waals surface area (Å²) in [6.07, 6.45) is 4.08. The van der Waals surface area contributed by atoms with Crippen molar-refractivity contribution in [2.24, 2.45) is 0 Å². The highest BCUT2D eigenvalue weighted by Gasteiger charge is 2.37. The van der Waals surface area contributed by atoms with Gasteiger partial charge in [0.15, 0.2) is 0 Å². The van der Waals surface area contributed by atoms with E-state index < -0.39 is 0 Å². The zero-order chi connectivity index (χ0) is 22.6. The zero-order valence-electron chi connectivity index (χ0n) is 19.0. The van der Waals surface area contributed by atoms with Gasteiger partial charge in [-0.2, -0.15) is 0 Å². The average molecular weight is 436 g/mol. The molecule has 1 aliphatic carbocycles. The Morgan fingerprint density at radius 2 is 1.61 bits per heavy atom. The topological polar surface area (TPSA) is 55.4 Å². The number of hydrogen-bond acceptors (Lipinski definition) is 4. The van der Waals surface area contributed by atoms with Crippen LogP contribution < -0.4 is 10.1 Å². The lowest BCUT2D eigenvalue weighted by Gasteiger charge is -2.42. The molecule has 162 valence electrons. The third-order valence-corrected chi connectivity index (χ3v) is 7.46. The van der Waals surface area contributed by atoms with Crippen LogP contribution >= 0.6 is 11.8 Å². The normalized spacial score (nSPS) is 20.5. The quantitative estimate of drug-likeness (QED) is 0.571. The molecule has 2 aromatic carbocycles. The van der Waals surface area contributed by atoms with Crippen LogP contribution in [0.3, 0.4) is 0 Å². The molecule has 0 radical (unpaired) electrons. The fraction of sp³-hybridized carbons (Fsp3) is 0.385. The number of thioether (sulfide) groups is 1. The molecule has 4 rings (SSSR count). The first kappa shape index (κ1) is 21.7. The van der Waals surface area contributed by atoms with Gasteiger partial charge in [0, 0.05) is 5.56 Å². The van der Waals surface area contributed by atoms with Crippen molar-refractivity contribution in [3.8, 4) is 16.9 Å². The highest BCUT2D eigenvalue weighted by molar-refractivity contribution is 8.18. The Balaban J connectivity index is 1.81. The van der Waals surface area contributed by atoms with E-state index >= 15 is 0 Å². The highest BCUT2D eigenvalue weighted by Crippen LogP contribution is 2.48. The minimum absolute atomic E-state index is 0.129. The Morgan fingerprint density at radius 3 is 2.19 bits per heavy atom. The van der Waals surface area contributed by atoms with Gasteiger partial charge in [0.25, 0.3) is 11.1 Å². The Bertz CT molecular complexity index is 1130. The summed E-state index contributed by atoms with van der Waals surface area (Å²) in [6.45, 7) is 11.5. The van der Waals surface area contributed by atoms with Gasteiger partial charge in [-0.15, -0.1) is 0 Å². The fourth-order valence-corrected chi connectivity index (χ4v) is 5.29. The maximum atomic E-state index is 11.9. The smallest absolute Gasteiger partial charge is 0.290 e. The number of carbonyl (C=O) groups excluding carboxylic acids is 2. The molecule has 0 unspecified atom stereocenters. The number of aryl methyl sites for hydroxylation is 1. The number of imide groups is 1. The maximum absolute atomic E-state index is 11.9. The molecule has 1 saturated heterocycles. The van der Waals surface area contributed by atoms with Gasteiger partial charge in [0.1, 0.15) is 5.75 Å². The molecule has 4 nitrogen and oxygen atoms in total. The molecule has 2 aliphatic rings. The lowest BCUT2D eigenvalue weighted by Crippen LogP contribution is -2.34. The second-order valence-corrected chi connectivity index (χ2v) is 10.8. The SMILES string of the molecule is COc1cc(C=C2SC(=O)NC2=O)ccc1-c1cc2c(cc1C)C(C)(C)CCC2(C)C. The Hall–Kier alpha value is -2.53. The molecule has 31 heavy (non-hydrogen) atoms. The number of ether oxygens (including phenoxy) is 1. The minimum Gasteiger partial charge on any atom is -0.496 e. The van der Waals surface area contributed by atoms with Crippen molar-refractivity contribution in [1.82, 2.24) is 5.32 Å². The van der Waals surface area contributed by atoms with Crippen LogP contribution in [0.25, 0.3) is 17.2 Å². The molecule has 5 heteroatoms.